The maximum atomic E-state index is 13.6. The smallest absolute Gasteiger partial charge is 0.123 e. The van der Waals surface area contributed by atoms with E-state index in [1.807, 2.05) is 18.2 Å². The van der Waals surface area contributed by atoms with Gasteiger partial charge in [-0.15, -0.1) is 0 Å². The van der Waals surface area contributed by atoms with Crippen LogP contribution in [0, 0.1) is 5.82 Å². The van der Waals surface area contributed by atoms with Gasteiger partial charge in [0.15, 0.2) is 0 Å². The van der Waals surface area contributed by atoms with Crippen LogP contribution in [-0.2, 0) is 6.42 Å². The summed E-state index contributed by atoms with van der Waals surface area (Å²) in [6.07, 6.45) is 5.78. The molecule has 0 spiro atoms. The van der Waals surface area contributed by atoms with Gasteiger partial charge in [-0.2, -0.15) is 0 Å². The van der Waals surface area contributed by atoms with Crippen LogP contribution in [0.2, 0.25) is 0 Å². The van der Waals surface area contributed by atoms with Gasteiger partial charge in [0, 0.05) is 6.54 Å². The van der Waals surface area contributed by atoms with E-state index in [0.29, 0.717) is 6.61 Å². The molecule has 1 aliphatic heterocycles. The Hall–Kier alpha value is -3.11. The van der Waals surface area contributed by atoms with Crippen molar-refractivity contribution in [1.82, 2.24) is 4.90 Å². The molecular formula is C30H32FNO2. The summed E-state index contributed by atoms with van der Waals surface area (Å²) in [4.78, 5) is 2.49. The van der Waals surface area contributed by atoms with E-state index in [4.69, 9.17) is 9.47 Å². The fraction of sp³-hybridized carbons (Fsp3) is 0.333. The van der Waals surface area contributed by atoms with E-state index in [9.17, 15) is 4.39 Å². The van der Waals surface area contributed by atoms with Gasteiger partial charge >= 0.3 is 0 Å². The summed E-state index contributed by atoms with van der Waals surface area (Å²) >= 11 is 0. The first-order valence-electron chi connectivity index (χ1n) is 12.3. The number of rotatable bonds is 7. The molecule has 176 valence electrons. The molecule has 2 aliphatic rings. The summed E-state index contributed by atoms with van der Waals surface area (Å²) in [6, 6.07) is 21.6. The van der Waals surface area contributed by atoms with Crippen molar-refractivity contribution in [3.05, 3.63) is 94.8 Å². The van der Waals surface area contributed by atoms with Crippen molar-refractivity contribution in [2.45, 2.75) is 32.1 Å². The maximum Gasteiger partial charge on any atom is 0.123 e. The highest BCUT2D eigenvalue weighted by molar-refractivity contribution is 6.00. The van der Waals surface area contributed by atoms with E-state index < -0.39 is 0 Å². The van der Waals surface area contributed by atoms with Gasteiger partial charge in [-0.1, -0.05) is 36.8 Å². The molecule has 1 heterocycles. The number of aryl methyl sites for hydroxylation is 1. The Morgan fingerprint density at radius 1 is 0.794 bits per heavy atom. The second kappa shape index (κ2) is 10.4. The molecule has 0 amide bonds. The Bertz CT molecular complexity index is 1150. The topological polar surface area (TPSA) is 21.7 Å². The molecule has 34 heavy (non-hydrogen) atoms. The van der Waals surface area contributed by atoms with Crippen molar-refractivity contribution in [3.63, 3.8) is 0 Å². The average Bonchev–Trinajstić information content (AvgIpc) is 2.89. The standard InChI is InChI=1S/C30H32FNO2/c1-33-27-14-16-29-24(21-27)9-15-28(22-5-10-25(31)11-6-22)30(29)23-7-12-26(13-8-23)34-20-19-32-17-3-2-4-18-32/h5-8,10-14,16,21H,2-4,9,15,17-20H2,1H3. The molecule has 0 saturated carbocycles. The van der Waals surface area contributed by atoms with Crippen LogP contribution < -0.4 is 9.47 Å². The Balaban J connectivity index is 1.42. The molecule has 4 heteroatoms. The normalized spacial score (nSPS) is 16.3. The van der Waals surface area contributed by atoms with Crippen LogP contribution in [0.25, 0.3) is 11.1 Å². The number of nitrogens with zero attached hydrogens (tertiary/aromatic N) is 1. The van der Waals surface area contributed by atoms with Gasteiger partial charge in [0.05, 0.1) is 7.11 Å². The number of hydrogen-bond donors (Lipinski definition) is 0. The number of fused-ring (bicyclic) bond motifs is 1. The summed E-state index contributed by atoms with van der Waals surface area (Å²) < 4.78 is 25.1. The molecule has 0 radical (unpaired) electrons. The predicted molar refractivity (Wildman–Crippen MR) is 136 cm³/mol. The Morgan fingerprint density at radius 2 is 1.50 bits per heavy atom. The van der Waals surface area contributed by atoms with Crippen molar-refractivity contribution in [2.75, 3.05) is 33.4 Å². The summed E-state index contributed by atoms with van der Waals surface area (Å²) in [6.45, 7) is 4.07. The quantitative estimate of drug-likeness (QED) is 0.399. The number of methoxy groups -OCH3 is 1. The van der Waals surface area contributed by atoms with Crippen LogP contribution in [0.3, 0.4) is 0 Å². The minimum atomic E-state index is -0.210. The lowest BCUT2D eigenvalue weighted by Gasteiger charge is -2.26. The highest BCUT2D eigenvalue weighted by Gasteiger charge is 2.22. The van der Waals surface area contributed by atoms with Crippen LogP contribution in [-0.4, -0.2) is 38.3 Å². The summed E-state index contributed by atoms with van der Waals surface area (Å²) in [5.74, 6) is 1.56. The number of likely N-dealkylation sites (tertiary alicyclic amines) is 1. The first kappa shape index (κ1) is 22.7. The van der Waals surface area contributed by atoms with Crippen LogP contribution in [0.5, 0.6) is 11.5 Å². The van der Waals surface area contributed by atoms with Crippen molar-refractivity contribution >= 4 is 11.1 Å². The summed E-state index contributed by atoms with van der Waals surface area (Å²) in [7, 11) is 1.70. The molecule has 0 atom stereocenters. The minimum absolute atomic E-state index is 0.210. The SMILES string of the molecule is COc1ccc2c(c1)CCC(c1ccc(F)cc1)=C2c1ccc(OCCN2CCCCC2)cc1. The number of piperidine rings is 1. The number of halogens is 1. The van der Waals surface area contributed by atoms with Gasteiger partial charge in [0.1, 0.15) is 23.9 Å². The maximum absolute atomic E-state index is 13.6. The van der Waals surface area contributed by atoms with E-state index in [1.54, 1.807) is 19.2 Å². The van der Waals surface area contributed by atoms with Gasteiger partial charge in [-0.3, -0.25) is 4.90 Å². The third-order valence-electron chi connectivity index (χ3n) is 6.99. The summed E-state index contributed by atoms with van der Waals surface area (Å²) in [5, 5.41) is 0. The van der Waals surface area contributed by atoms with Crippen molar-refractivity contribution in [1.29, 1.82) is 0 Å². The second-order valence-electron chi connectivity index (χ2n) is 9.16. The minimum Gasteiger partial charge on any atom is -0.497 e. The van der Waals surface area contributed by atoms with Crippen molar-refractivity contribution in [2.24, 2.45) is 0 Å². The van der Waals surface area contributed by atoms with E-state index in [0.717, 1.165) is 42.0 Å². The zero-order valence-corrected chi connectivity index (χ0v) is 19.9. The van der Waals surface area contributed by atoms with Crippen molar-refractivity contribution in [3.8, 4) is 11.5 Å². The number of benzene rings is 3. The van der Waals surface area contributed by atoms with Crippen LogP contribution >= 0.6 is 0 Å². The Labute approximate surface area is 201 Å². The van der Waals surface area contributed by atoms with Crippen LogP contribution in [0.1, 0.15) is 47.9 Å². The third kappa shape index (κ3) is 5.02. The highest BCUT2D eigenvalue weighted by atomic mass is 19.1. The molecule has 3 nitrogen and oxygen atoms in total. The fourth-order valence-corrected chi connectivity index (χ4v) is 5.16. The van der Waals surface area contributed by atoms with Crippen LogP contribution in [0.15, 0.2) is 66.7 Å². The fourth-order valence-electron chi connectivity index (χ4n) is 5.16. The molecule has 0 aromatic heterocycles. The average molecular weight is 458 g/mol. The van der Waals surface area contributed by atoms with Gasteiger partial charge < -0.3 is 9.47 Å². The Kier molecular flexibility index (Phi) is 6.96. The first-order chi connectivity index (χ1) is 16.7. The lowest BCUT2D eigenvalue weighted by atomic mass is 9.79. The van der Waals surface area contributed by atoms with Gasteiger partial charge in [-0.25, -0.2) is 4.39 Å². The van der Waals surface area contributed by atoms with Gasteiger partial charge in [0.25, 0.3) is 0 Å². The molecule has 5 rings (SSSR count). The predicted octanol–water partition coefficient (Wildman–Crippen LogP) is 6.60. The zero-order valence-electron chi connectivity index (χ0n) is 19.9. The monoisotopic (exact) mass is 457 g/mol. The lowest BCUT2D eigenvalue weighted by Crippen LogP contribution is -2.33. The molecule has 0 unspecified atom stereocenters. The lowest BCUT2D eigenvalue weighted by molar-refractivity contribution is 0.183. The van der Waals surface area contributed by atoms with Gasteiger partial charge in [-0.05, 0) is 109 Å². The molecule has 1 aliphatic carbocycles. The Morgan fingerprint density at radius 3 is 2.24 bits per heavy atom. The van der Waals surface area contributed by atoms with Crippen LogP contribution in [0.4, 0.5) is 4.39 Å². The zero-order chi connectivity index (χ0) is 23.3. The highest BCUT2D eigenvalue weighted by Crippen LogP contribution is 2.42. The number of ether oxygens (including phenoxy) is 2. The summed E-state index contributed by atoms with van der Waals surface area (Å²) in [5.41, 5.74) is 7.16. The molecular weight excluding hydrogens is 425 g/mol. The van der Waals surface area contributed by atoms with E-state index >= 15 is 0 Å². The molecule has 0 bridgehead atoms. The molecule has 3 aromatic carbocycles. The largest absolute Gasteiger partial charge is 0.497 e. The molecule has 1 saturated heterocycles. The molecule has 3 aromatic rings. The van der Waals surface area contributed by atoms with Crippen molar-refractivity contribution < 1.29 is 13.9 Å². The van der Waals surface area contributed by atoms with E-state index in [1.165, 1.54) is 54.6 Å². The third-order valence-corrected chi connectivity index (χ3v) is 6.99. The second-order valence-corrected chi connectivity index (χ2v) is 9.16. The van der Waals surface area contributed by atoms with Gasteiger partial charge in [0.2, 0.25) is 0 Å². The number of allylic oxidation sites excluding steroid dienone is 1. The first-order valence-corrected chi connectivity index (χ1v) is 12.3. The molecule has 1 fully saturated rings. The number of hydrogen-bond acceptors (Lipinski definition) is 3. The van der Waals surface area contributed by atoms with E-state index in [2.05, 4.69) is 41.3 Å². The molecule has 0 N–H and O–H groups in total. The van der Waals surface area contributed by atoms with E-state index in [-0.39, 0.29) is 5.82 Å².